The van der Waals surface area contributed by atoms with E-state index in [-0.39, 0.29) is 63.8 Å². The van der Waals surface area contributed by atoms with Crippen molar-refractivity contribution in [1.82, 2.24) is 5.32 Å². The van der Waals surface area contributed by atoms with Crippen LogP contribution in [0.4, 0.5) is 0 Å². The number of ether oxygens (including phenoxy) is 1. The highest BCUT2D eigenvalue weighted by Crippen LogP contribution is 2.42. The Morgan fingerprint density at radius 2 is 1.93 bits per heavy atom. The Morgan fingerprint density at radius 1 is 1.21 bits per heavy atom. The van der Waals surface area contributed by atoms with Gasteiger partial charge in [-0.25, -0.2) is 0 Å². The van der Waals surface area contributed by atoms with Crippen molar-refractivity contribution in [3.8, 4) is 11.5 Å². The number of phenols is 2. The molecule has 0 bridgehead atoms. The van der Waals surface area contributed by atoms with Gasteiger partial charge >= 0.3 is 0 Å². The van der Waals surface area contributed by atoms with E-state index in [1.807, 2.05) is 0 Å². The molecule has 0 aliphatic heterocycles. The Kier molecular flexibility index (Phi) is 5.06. The second-order valence-corrected chi connectivity index (χ2v) is 6.43. The first-order valence-corrected chi connectivity index (χ1v) is 8.43. The summed E-state index contributed by atoms with van der Waals surface area (Å²) in [5, 5.41) is 21.8. The Hall–Kier alpha value is -3.39. The number of carbonyl (C=O) groups excluding carboxylic acids is 4. The minimum Gasteiger partial charge on any atom is -0.507 e. The molecule has 144 valence electrons. The van der Waals surface area contributed by atoms with Gasteiger partial charge < -0.3 is 20.3 Å². The molecule has 3 N–H and O–H groups in total. The summed E-state index contributed by atoms with van der Waals surface area (Å²) < 4.78 is 5.01. The van der Waals surface area contributed by atoms with Gasteiger partial charge in [0.2, 0.25) is 18.0 Å². The van der Waals surface area contributed by atoms with Gasteiger partial charge in [0.15, 0.2) is 11.5 Å². The first-order chi connectivity index (χ1) is 13.3. The zero-order chi connectivity index (χ0) is 20.6. The molecule has 9 heteroatoms. The van der Waals surface area contributed by atoms with Gasteiger partial charge in [0.05, 0.1) is 29.0 Å². The summed E-state index contributed by atoms with van der Waals surface area (Å²) in [6.45, 7) is 0. The highest BCUT2D eigenvalue weighted by molar-refractivity contribution is 6.34. The fourth-order valence-corrected chi connectivity index (χ4v) is 3.40. The van der Waals surface area contributed by atoms with Crippen LogP contribution in [0.2, 0.25) is 5.02 Å². The molecule has 1 aromatic carbocycles. The third-order valence-corrected chi connectivity index (χ3v) is 4.89. The molecular weight excluding hydrogens is 390 g/mol. The van der Waals surface area contributed by atoms with Crippen molar-refractivity contribution in [1.29, 1.82) is 0 Å². The summed E-state index contributed by atoms with van der Waals surface area (Å²) in [5.74, 6) is -2.62. The Labute approximate surface area is 163 Å². The molecule has 3 rings (SSSR count). The fraction of sp³-hybridized carbons (Fsp3) is 0.158. The van der Waals surface area contributed by atoms with Gasteiger partial charge in [0.25, 0.3) is 0 Å². The number of benzene rings is 1. The maximum absolute atomic E-state index is 12.6. The van der Waals surface area contributed by atoms with E-state index in [1.54, 1.807) is 0 Å². The van der Waals surface area contributed by atoms with Crippen LogP contribution in [-0.4, -0.2) is 41.1 Å². The maximum Gasteiger partial charge on any atom is 0.223 e. The monoisotopic (exact) mass is 403 g/mol. The molecule has 28 heavy (non-hydrogen) atoms. The molecule has 0 unspecified atom stereocenters. The van der Waals surface area contributed by atoms with Crippen molar-refractivity contribution in [2.45, 2.75) is 12.8 Å². The van der Waals surface area contributed by atoms with Gasteiger partial charge in [-0.05, 0) is 12.0 Å². The second kappa shape index (κ2) is 7.32. The Morgan fingerprint density at radius 3 is 2.57 bits per heavy atom. The number of carbonyl (C=O) groups is 4. The van der Waals surface area contributed by atoms with E-state index in [0.717, 1.165) is 12.1 Å². The lowest BCUT2D eigenvalue weighted by Crippen LogP contribution is -2.28. The van der Waals surface area contributed by atoms with E-state index in [0.29, 0.717) is 0 Å². The largest absolute Gasteiger partial charge is 0.507 e. The number of phenolic OH excluding ortho intramolecular Hbond substituents is 2. The van der Waals surface area contributed by atoms with Gasteiger partial charge in [0.1, 0.15) is 11.5 Å². The highest BCUT2D eigenvalue weighted by Gasteiger charge is 2.33. The number of hydrogen-bond acceptors (Lipinski definition) is 7. The first-order valence-electron chi connectivity index (χ1n) is 8.05. The van der Waals surface area contributed by atoms with E-state index in [1.165, 1.54) is 13.2 Å². The fourth-order valence-electron chi connectivity index (χ4n) is 3.18. The van der Waals surface area contributed by atoms with Crippen LogP contribution < -0.4 is 5.32 Å². The average molecular weight is 404 g/mol. The van der Waals surface area contributed by atoms with Crippen LogP contribution in [0.3, 0.4) is 0 Å². The van der Waals surface area contributed by atoms with Crippen molar-refractivity contribution >= 4 is 35.4 Å². The molecule has 2 aliphatic carbocycles. The minimum absolute atomic E-state index is 0.00996. The number of methoxy groups -OCH3 is 1. The van der Waals surface area contributed by atoms with Crippen LogP contribution >= 0.6 is 11.6 Å². The summed E-state index contributed by atoms with van der Waals surface area (Å²) in [4.78, 5) is 47.8. The molecule has 0 atom stereocenters. The van der Waals surface area contributed by atoms with Crippen LogP contribution in [0.5, 0.6) is 11.5 Å². The summed E-state index contributed by atoms with van der Waals surface area (Å²) >= 11 is 6.01. The molecule has 8 nitrogen and oxygen atoms in total. The van der Waals surface area contributed by atoms with Gasteiger partial charge in [-0.3, -0.25) is 19.2 Å². The first kappa shape index (κ1) is 19.4. The molecule has 0 saturated carbocycles. The van der Waals surface area contributed by atoms with Gasteiger partial charge in [-0.2, -0.15) is 0 Å². The highest BCUT2D eigenvalue weighted by atomic mass is 35.5. The number of fused-ring (bicyclic) bond motifs is 1. The SMILES string of the molecule is COC1=C(C/C=C2/Cc3c(Cl)c(O)cc(O)c3C2=O)C(=O)C(NC=O)=CC1=O. The van der Waals surface area contributed by atoms with Crippen LogP contribution in [0, 0.1) is 0 Å². The molecule has 0 saturated heterocycles. The van der Waals surface area contributed by atoms with Crippen LogP contribution in [0.1, 0.15) is 22.3 Å². The van der Waals surface area contributed by atoms with Crippen LogP contribution in [0.25, 0.3) is 0 Å². The summed E-state index contributed by atoms with van der Waals surface area (Å²) in [6.07, 6.45) is 2.59. The zero-order valence-electron chi connectivity index (χ0n) is 14.5. The van der Waals surface area contributed by atoms with Gasteiger partial charge in [0, 0.05) is 24.1 Å². The van der Waals surface area contributed by atoms with E-state index in [4.69, 9.17) is 16.3 Å². The summed E-state index contributed by atoms with van der Waals surface area (Å²) in [7, 11) is 1.23. The molecule has 0 radical (unpaired) electrons. The summed E-state index contributed by atoms with van der Waals surface area (Å²) in [6, 6.07) is 0.985. The van der Waals surface area contributed by atoms with E-state index >= 15 is 0 Å². The number of Topliss-reactive ketones (excluding diaryl/α,β-unsaturated/α-hetero) is 2. The molecule has 0 spiro atoms. The third-order valence-electron chi connectivity index (χ3n) is 4.47. The number of rotatable bonds is 5. The predicted octanol–water partition coefficient (Wildman–Crippen LogP) is 1.49. The Balaban J connectivity index is 1.95. The molecule has 0 fully saturated rings. The molecular formula is C19H14ClNO7. The lowest BCUT2D eigenvalue weighted by molar-refractivity contribution is -0.119. The lowest BCUT2D eigenvalue weighted by atomic mass is 9.94. The number of hydrogen-bond donors (Lipinski definition) is 3. The smallest absolute Gasteiger partial charge is 0.223 e. The number of ketones is 3. The number of allylic oxidation sites excluding steroid dienone is 4. The van der Waals surface area contributed by atoms with E-state index < -0.39 is 23.1 Å². The number of aromatic hydroxyl groups is 2. The third kappa shape index (κ3) is 3.07. The van der Waals surface area contributed by atoms with Gasteiger partial charge in [-0.15, -0.1) is 0 Å². The molecule has 0 heterocycles. The van der Waals surface area contributed by atoms with Gasteiger partial charge in [-0.1, -0.05) is 17.7 Å². The minimum atomic E-state index is -0.609. The second-order valence-electron chi connectivity index (χ2n) is 6.05. The normalized spacial score (nSPS) is 17.7. The van der Waals surface area contributed by atoms with Crippen molar-refractivity contribution in [2.75, 3.05) is 7.11 Å². The zero-order valence-corrected chi connectivity index (χ0v) is 15.3. The molecule has 2 aliphatic rings. The summed E-state index contributed by atoms with van der Waals surface area (Å²) in [5.41, 5.74) is 0.296. The number of amides is 1. The maximum atomic E-state index is 12.6. The number of nitrogens with one attached hydrogen (secondary N) is 1. The Bertz CT molecular complexity index is 1030. The standard InChI is InChI=1S/C19H14ClNO7/c1-28-19-9(18(27)11(21-7-22)5-14(19)25)3-2-8-4-10-15(17(8)26)12(23)6-13(24)16(10)20/h2,5-7,23-24H,3-4H2,1H3,(H,21,22)/b8-2-. The molecule has 1 aromatic rings. The number of halogens is 1. The topological polar surface area (TPSA) is 130 Å². The van der Waals surface area contributed by atoms with Crippen LogP contribution in [-0.2, 0) is 25.5 Å². The molecule has 1 amide bonds. The van der Waals surface area contributed by atoms with E-state index in [2.05, 4.69) is 5.32 Å². The van der Waals surface area contributed by atoms with Crippen molar-refractivity contribution in [3.63, 3.8) is 0 Å². The van der Waals surface area contributed by atoms with Crippen molar-refractivity contribution in [3.05, 3.63) is 57.0 Å². The van der Waals surface area contributed by atoms with Crippen molar-refractivity contribution < 1.29 is 34.1 Å². The lowest BCUT2D eigenvalue weighted by Gasteiger charge is -2.16. The van der Waals surface area contributed by atoms with Crippen LogP contribution in [0.15, 0.2) is 40.8 Å². The predicted molar refractivity (Wildman–Crippen MR) is 96.8 cm³/mol. The quantitative estimate of drug-likeness (QED) is 0.385. The van der Waals surface area contributed by atoms with Crippen molar-refractivity contribution in [2.24, 2.45) is 0 Å². The van der Waals surface area contributed by atoms with E-state index in [9.17, 15) is 29.4 Å². The molecule has 0 aromatic heterocycles. The average Bonchev–Trinajstić information content (AvgIpc) is 2.98.